The van der Waals surface area contributed by atoms with Crippen LogP contribution in [-0.4, -0.2) is 69.7 Å². The van der Waals surface area contributed by atoms with E-state index in [0.29, 0.717) is 13.2 Å². The molecule has 2 fully saturated rings. The molecule has 1 aliphatic carbocycles. The Morgan fingerprint density at radius 1 is 1.03 bits per heavy atom. The number of rotatable bonds is 8. The Balaban J connectivity index is 1.56. The lowest BCUT2D eigenvalue weighted by Gasteiger charge is -2.31. The van der Waals surface area contributed by atoms with Gasteiger partial charge in [0.15, 0.2) is 0 Å². The molecule has 4 aliphatic rings. The minimum atomic E-state index is -0.0220. The zero-order valence-electron chi connectivity index (χ0n) is 21.8. The second kappa shape index (κ2) is 11.0. The van der Waals surface area contributed by atoms with E-state index in [1.165, 1.54) is 5.69 Å². The largest absolute Gasteiger partial charge is 0.378 e. The number of aromatic nitrogens is 1. The molecule has 36 heavy (non-hydrogen) atoms. The maximum absolute atomic E-state index is 13.9. The minimum absolute atomic E-state index is 0.0220. The van der Waals surface area contributed by atoms with E-state index in [9.17, 15) is 4.79 Å². The fourth-order valence-electron chi connectivity index (χ4n) is 5.05. The Hall–Kier alpha value is -2.26. The van der Waals surface area contributed by atoms with Crippen LogP contribution in [0.15, 0.2) is 29.1 Å². The van der Waals surface area contributed by atoms with Crippen LogP contribution in [0, 0.1) is 0 Å². The highest BCUT2D eigenvalue weighted by atomic mass is 32.1. The summed E-state index contributed by atoms with van der Waals surface area (Å²) in [5, 5.41) is 3.62. The molecular weight excluding hydrogens is 472 g/mol. The van der Waals surface area contributed by atoms with Crippen molar-refractivity contribution in [1.29, 1.82) is 0 Å². The zero-order valence-corrected chi connectivity index (χ0v) is 22.6. The number of nitrogens with one attached hydrogen (secondary N) is 1. The third-order valence-electron chi connectivity index (χ3n) is 7.24. The van der Waals surface area contributed by atoms with Gasteiger partial charge in [0, 0.05) is 43.0 Å². The molecule has 0 bridgehead atoms. The van der Waals surface area contributed by atoms with Crippen LogP contribution in [0.1, 0.15) is 39.2 Å². The van der Waals surface area contributed by atoms with Gasteiger partial charge in [-0.1, -0.05) is 6.92 Å². The first-order valence-electron chi connectivity index (χ1n) is 13.3. The molecule has 3 heterocycles. The van der Waals surface area contributed by atoms with Gasteiger partial charge in [-0.25, -0.2) is 4.98 Å². The SMILES string of the molecule is CCCNC(C)(C)CCc1cc2nc3ccc(N4CCOCC4)cc3sc-2c(N2CCOCC2)c1=O. The molecule has 0 atom stereocenters. The van der Waals surface area contributed by atoms with Gasteiger partial charge in [-0.05, 0) is 63.9 Å². The molecule has 0 amide bonds. The molecule has 194 valence electrons. The summed E-state index contributed by atoms with van der Waals surface area (Å²) in [7, 11) is 0. The summed E-state index contributed by atoms with van der Waals surface area (Å²) in [5.41, 5.74) is 4.88. The molecule has 0 aromatic heterocycles. The molecule has 0 spiro atoms. The van der Waals surface area contributed by atoms with E-state index < -0.39 is 0 Å². The Morgan fingerprint density at radius 3 is 2.42 bits per heavy atom. The normalized spacial score (nSPS) is 17.3. The van der Waals surface area contributed by atoms with E-state index >= 15 is 0 Å². The number of nitrogens with zero attached hydrogens (tertiary/aromatic N) is 3. The van der Waals surface area contributed by atoms with E-state index in [-0.39, 0.29) is 11.0 Å². The van der Waals surface area contributed by atoms with Crippen molar-refractivity contribution in [3.8, 4) is 10.6 Å². The van der Waals surface area contributed by atoms with Crippen LogP contribution in [0.4, 0.5) is 11.4 Å². The Morgan fingerprint density at radius 2 is 1.72 bits per heavy atom. The first-order valence-corrected chi connectivity index (χ1v) is 14.1. The third-order valence-corrected chi connectivity index (χ3v) is 8.39. The lowest BCUT2D eigenvalue weighted by atomic mass is 9.93. The van der Waals surface area contributed by atoms with Gasteiger partial charge in [0.25, 0.3) is 0 Å². The first kappa shape index (κ1) is 25.4. The van der Waals surface area contributed by atoms with Gasteiger partial charge in [0.2, 0.25) is 5.43 Å². The van der Waals surface area contributed by atoms with Crippen LogP contribution < -0.4 is 20.5 Å². The number of morpholine rings is 2. The highest BCUT2D eigenvalue weighted by Crippen LogP contribution is 2.39. The summed E-state index contributed by atoms with van der Waals surface area (Å²) in [5.74, 6) is 0. The van der Waals surface area contributed by atoms with Crippen LogP contribution >= 0.6 is 11.3 Å². The average Bonchev–Trinajstić information content (AvgIpc) is 2.90. The smallest absolute Gasteiger partial charge is 0.206 e. The van der Waals surface area contributed by atoms with Crippen molar-refractivity contribution in [2.75, 3.05) is 69.0 Å². The van der Waals surface area contributed by atoms with Gasteiger partial charge < -0.3 is 24.6 Å². The van der Waals surface area contributed by atoms with Crippen LogP contribution in [-0.2, 0) is 15.9 Å². The van der Waals surface area contributed by atoms with E-state index in [1.807, 2.05) is 6.07 Å². The van der Waals surface area contributed by atoms with Gasteiger partial charge in [0.05, 0.1) is 47.2 Å². The number of hydrogen-bond donors (Lipinski definition) is 1. The average molecular weight is 511 g/mol. The predicted octanol–water partition coefficient (Wildman–Crippen LogP) is 4.15. The first-order chi connectivity index (χ1) is 17.4. The molecule has 3 aliphatic heterocycles. The number of hydrogen-bond acceptors (Lipinski definition) is 8. The van der Waals surface area contributed by atoms with E-state index in [0.717, 1.165) is 97.2 Å². The van der Waals surface area contributed by atoms with Crippen LogP contribution in [0.25, 0.3) is 20.8 Å². The number of aryl methyl sites for hydroxylation is 1. The van der Waals surface area contributed by atoms with Crippen molar-refractivity contribution in [3.63, 3.8) is 0 Å². The van der Waals surface area contributed by atoms with Crippen LogP contribution in [0.2, 0.25) is 0 Å². The van der Waals surface area contributed by atoms with Crippen LogP contribution in [0.3, 0.4) is 0 Å². The summed E-state index contributed by atoms with van der Waals surface area (Å²) >= 11 is 1.69. The topological polar surface area (TPSA) is 66.9 Å². The summed E-state index contributed by atoms with van der Waals surface area (Å²) in [4.78, 5) is 24.6. The van der Waals surface area contributed by atoms with Gasteiger partial charge in [-0.2, -0.15) is 0 Å². The molecule has 0 unspecified atom stereocenters. The quantitative estimate of drug-likeness (QED) is 0.457. The molecular formula is C28H38N4O3S. The fourth-order valence-corrected chi connectivity index (χ4v) is 6.20. The second-order valence-corrected chi connectivity index (χ2v) is 11.5. The summed E-state index contributed by atoms with van der Waals surface area (Å²) < 4.78 is 12.2. The Labute approximate surface area is 217 Å². The van der Waals surface area contributed by atoms with E-state index in [1.54, 1.807) is 11.3 Å². The third kappa shape index (κ3) is 5.52. The fraction of sp³-hybridized carbons (Fsp3) is 0.571. The number of ether oxygens (including phenoxy) is 2. The maximum atomic E-state index is 13.9. The molecule has 2 saturated heterocycles. The standard InChI is InChI=1S/C28H38N4O3S/c1-4-9-29-28(2,3)8-7-20-18-23-27(25(26(20)33)32-12-16-35-17-13-32)36-24-19-21(5-6-22(24)30-23)31-10-14-34-15-11-31/h5-6,18-19,29H,4,7-17H2,1-3H3. The van der Waals surface area contributed by atoms with Crippen molar-refractivity contribution in [1.82, 2.24) is 10.3 Å². The van der Waals surface area contributed by atoms with Gasteiger partial charge in [-0.15, -0.1) is 11.3 Å². The predicted molar refractivity (Wildman–Crippen MR) is 149 cm³/mol. The lowest BCUT2D eigenvalue weighted by Crippen LogP contribution is -2.41. The van der Waals surface area contributed by atoms with E-state index in [4.69, 9.17) is 14.5 Å². The van der Waals surface area contributed by atoms with Crippen molar-refractivity contribution in [2.45, 2.75) is 45.6 Å². The van der Waals surface area contributed by atoms with Gasteiger partial charge in [0.1, 0.15) is 5.69 Å². The van der Waals surface area contributed by atoms with Crippen molar-refractivity contribution in [2.24, 2.45) is 0 Å². The Bertz CT molecular complexity index is 1220. The molecule has 1 N–H and O–H groups in total. The molecule has 8 heteroatoms. The summed E-state index contributed by atoms with van der Waals surface area (Å²) in [6.07, 6.45) is 2.73. The van der Waals surface area contributed by atoms with Crippen molar-refractivity contribution < 1.29 is 9.47 Å². The van der Waals surface area contributed by atoms with Crippen molar-refractivity contribution in [3.05, 3.63) is 40.1 Å². The van der Waals surface area contributed by atoms with Crippen molar-refractivity contribution >= 4 is 32.9 Å². The van der Waals surface area contributed by atoms with Gasteiger partial charge >= 0.3 is 0 Å². The second-order valence-electron chi connectivity index (χ2n) is 10.4. The highest BCUT2D eigenvalue weighted by Gasteiger charge is 2.26. The maximum Gasteiger partial charge on any atom is 0.206 e. The molecule has 0 radical (unpaired) electrons. The number of fused-ring (bicyclic) bond motifs is 2. The molecule has 1 aromatic carbocycles. The monoisotopic (exact) mass is 510 g/mol. The molecule has 0 saturated carbocycles. The van der Waals surface area contributed by atoms with Gasteiger partial charge in [-0.3, -0.25) is 4.79 Å². The zero-order chi connectivity index (χ0) is 25.1. The number of benzene rings is 2. The summed E-state index contributed by atoms with van der Waals surface area (Å²) in [6, 6.07) is 8.55. The molecule has 7 nitrogen and oxygen atoms in total. The summed E-state index contributed by atoms with van der Waals surface area (Å²) in [6.45, 7) is 13.7. The lowest BCUT2D eigenvalue weighted by molar-refractivity contribution is 0.122. The van der Waals surface area contributed by atoms with Crippen LogP contribution in [0.5, 0.6) is 0 Å². The number of anilines is 2. The molecule has 1 aromatic rings. The minimum Gasteiger partial charge on any atom is -0.378 e. The van der Waals surface area contributed by atoms with E-state index in [2.05, 4.69) is 54.1 Å². The Kier molecular flexibility index (Phi) is 7.76. The molecule has 5 rings (SSSR count). The highest BCUT2D eigenvalue weighted by molar-refractivity contribution is 7.22.